The van der Waals surface area contributed by atoms with Crippen LogP contribution in [0.25, 0.3) is 0 Å². The maximum absolute atomic E-state index is 12.4. The highest BCUT2D eigenvalue weighted by molar-refractivity contribution is 5.95. The topological polar surface area (TPSA) is 78.4 Å². The summed E-state index contributed by atoms with van der Waals surface area (Å²) in [7, 11) is 1.57. The molecule has 7 heteroatoms. The summed E-state index contributed by atoms with van der Waals surface area (Å²) in [6.07, 6.45) is 3.17. The number of hydrogen-bond donors (Lipinski definition) is 1. The highest BCUT2D eigenvalue weighted by atomic mass is 16.5. The summed E-state index contributed by atoms with van der Waals surface area (Å²) in [5.74, 6) is 1.92. The molecular weight excluding hydrogens is 372 g/mol. The van der Waals surface area contributed by atoms with Crippen molar-refractivity contribution in [3.8, 4) is 23.0 Å². The fourth-order valence-corrected chi connectivity index (χ4v) is 2.45. The zero-order valence-corrected chi connectivity index (χ0v) is 16.9. The Morgan fingerprint density at radius 1 is 1.00 bits per heavy atom. The zero-order chi connectivity index (χ0) is 21.1. The van der Waals surface area contributed by atoms with E-state index < -0.39 is 0 Å². The van der Waals surface area contributed by atoms with Gasteiger partial charge in [0, 0.05) is 5.56 Å². The number of hydrogen-bond acceptors (Lipinski definition) is 6. The number of nitrogens with one attached hydrogen (secondary N) is 1. The molecule has 0 fully saturated rings. The molecule has 0 bridgehead atoms. The highest BCUT2D eigenvalue weighted by Gasteiger charge is 2.11. The van der Waals surface area contributed by atoms with E-state index in [2.05, 4.69) is 17.1 Å². The van der Waals surface area contributed by atoms with Gasteiger partial charge in [0.15, 0.2) is 23.0 Å². The molecule has 0 spiro atoms. The van der Waals surface area contributed by atoms with Gasteiger partial charge in [0.25, 0.3) is 5.91 Å². The molecule has 0 aliphatic carbocycles. The van der Waals surface area contributed by atoms with Crippen LogP contribution in [0.3, 0.4) is 0 Å². The first-order valence-electron chi connectivity index (χ1n) is 9.27. The van der Waals surface area contributed by atoms with Gasteiger partial charge in [-0.25, -0.2) is 5.43 Å². The van der Waals surface area contributed by atoms with Gasteiger partial charge in [-0.15, -0.1) is 0 Å². The van der Waals surface area contributed by atoms with Gasteiger partial charge in [0.2, 0.25) is 0 Å². The van der Waals surface area contributed by atoms with Gasteiger partial charge in [-0.2, -0.15) is 5.10 Å². The number of methoxy groups -OCH3 is 1. The van der Waals surface area contributed by atoms with Gasteiger partial charge in [0.1, 0.15) is 6.61 Å². The predicted octanol–water partition coefficient (Wildman–Crippen LogP) is 3.82. The third-order valence-electron chi connectivity index (χ3n) is 3.73. The summed E-state index contributed by atoms with van der Waals surface area (Å²) in [6.45, 7) is 8.73. The van der Waals surface area contributed by atoms with Crippen LogP contribution in [0, 0.1) is 0 Å². The molecule has 0 aliphatic rings. The van der Waals surface area contributed by atoms with Crippen molar-refractivity contribution in [2.75, 3.05) is 26.9 Å². The number of carbonyl (C=O) groups excluding carboxylic acids is 1. The van der Waals surface area contributed by atoms with E-state index in [4.69, 9.17) is 18.9 Å². The molecule has 0 atom stereocenters. The molecule has 0 saturated carbocycles. The molecule has 2 aromatic rings. The van der Waals surface area contributed by atoms with E-state index in [0.717, 1.165) is 5.56 Å². The average molecular weight is 398 g/mol. The second-order valence-electron chi connectivity index (χ2n) is 5.74. The van der Waals surface area contributed by atoms with Crippen molar-refractivity contribution < 1.29 is 23.7 Å². The summed E-state index contributed by atoms with van der Waals surface area (Å²) >= 11 is 0. The van der Waals surface area contributed by atoms with Gasteiger partial charge in [-0.3, -0.25) is 4.79 Å². The lowest BCUT2D eigenvalue weighted by Crippen LogP contribution is -2.17. The van der Waals surface area contributed by atoms with Gasteiger partial charge in [0.05, 0.1) is 26.5 Å². The van der Waals surface area contributed by atoms with E-state index in [9.17, 15) is 4.79 Å². The lowest BCUT2D eigenvalue weighted by molar-refractivity contribution is 0.0954. The Balaban J connectivity index is 2.08. The predicted molar refractivity (Wildman–Crippen MR) is 113 cm³/mol. The molecule has 0 saturated heterocycles. The number of amides is 1. The minimum atomic E-state index is -0.365. The molecule has 0 heterocycles. The molecule has 1 N–H and O–H groups in total. The molecule has 2 rings (SSSR count). The summed E-state index contributed by atoms with van der Waals surface area (Å²) in [4.78, 5) is 12.4. The van der Waals surface area contributed by atoms with Crippen LogP contribution < -0.4 is 24.4 Å². The smallest absolute Gasteiger partial charge is 0.271 e. The zero-order valence-electron chi connectivity index (χ0n) is 16.9. The molecule has 154 valence electrons. The fourth-order valence-electron chi connectivity index (χ4n) is 2.45. The van der Waals surface area contributed by atoms with Gasteiger partial charge < -0.3 is 18.9 Å². The lowest BCUT2D eigenvalue weighted by atomic mass is 10.2. The minimum absolute atomic E-state index is 0.349. The number of rotatable bonds is 11. The van der Waals surface area contributed by atoms with Crippen molar-refractivity contribution in [3.05, 3.63) is 60.2 Å². The first kappa shape index (κ1) is 21.8. The summed E-state index contributed by atoms with van der Waals surface area (Å²) in [5, 5.41) is 4.01. The van der Waals surface area contributed by atoms with Crippen LogP contribution in [0.1, 0.15) is 29.8 Å². The van der Waals surface area contributed by atoms with Crippen LogP contribution in [-0.2, 0) is 0 Å². The third-order valence-corrected chi connectivity index (χ3v) is 3.73. The molecule has 7 nitrogen and oxygen atoms in total. The first-order chi connectivity index (χ1) is 14.1. The van der Waals surface area contributed by atoms with Crippen LogP contribution in [0.15, 0.2) is 54.2 Å². The Bertz CT molecular complexity index is 864. The van der Waals surface area contributed by atoms with Crippen LogP contribution in [0.4, 0.5) is 0 Å². The maximum Gasteiger partial charge on any atom is 0.271 e. The molecule has 0 aromatic heterocycles. The van der Waals surface area contributed by atoms with E-state index in [0.29, 0.717) is 48.4 Å². The number of carbonyl (C=O) groups is 1. The standard InChI is InChI=1S/C22H26N2O5/c1-5-12-29-19-11-9-17(14-21(19)28-7-3)22(25)24-23-15-16-8-10-18(27-6-2)20(13-16)26-4/h5,8-11,13-15H,1,6-7,12H2,2-4H3,(H,24,25)/b23-15+. The molecule has 1 amide bonds. The number of benzene rings is 2. The van der Waals surface area contributed by atoms with Gasteiger partial charge in [-0.1, -0.05) is 12.7 Å². The Kier molecular flexibility index (Phi) is 8.56. The summed E-state index contributed by atoms with van der Waals surface area (Å²) in [5.41, 5.74) is 3.66. The molecule has 29 heavy (non-hydrogen) atoms. The second kappa shape index (κ2) is 11.4. The molecule has 2 aromatic carbocycles. The summed E-state index contributed by atoms with van der Waals surface area (Å²) < 4.78 is 21.9. The van der Waals surface area contributed by atoms with Crippen molar-refractivity contribution in [1.29, 1.82) is 0 Å². The summed E-state index contributed by atoms with van der Waals surface area (Å²) in [6, 6.07) is 10.3. The fraction of sp³-hybridized carbons (Fsp3) is 0.273. The van der Waals surface area contributed by atoms with Crippen LogP contribution in [0.5, 0.6) is 23.0 Å². The Morgan fingerprint density at radius 3 is 2.38 bits per heavy atom. The highest BCUT2D eigenvalue weighted by Crippen LogP contribution is 2.29. The normalized spacial score (nSPS) is 10.4. The molecule has 0 aliphatic heterocycles. The SMILES string of the molecule is C=CCOc1ccc(C(=O)N/N=C/c2ccc(OCC)c(OC)c2)cc1OCC. The van der Waals surface area contributed by atoms with Crippen molar-refractivity contribution in [2.45, 2.75) is 13.8 Å². The average Bonchev–Trinajstić information content (AvgIpc) is 2.74. The van der Waals surface area contributed by atoms with Crippen LogP contribution in [0.2, 0.25) is 0 Å². The number of ether oxygens (including phenoxy) is 4. The Morgan fingerprint density at radius 2 is 1.69 bits per heavy atom. The molecular formula is C22H26N2O5. The van der Waals surface area contributed by atoms with Crippen molar-refractivity contribution in [2.24, 2.45) is 5.10 Å². The van der Waals surface area contributed by atoms with Crippen LogP contribution in [-0.4, -0.2) is 39.1 Å². The first-order valence-corrected chi connectivity index (χ1v) is 9.27. The van der Waals surface area contributed by atoms with E-state index in [-0.39, 0.29) is 5.91 Å². The van der Waals surface area contributed by atoms with E-state index in [1.165, 1.54) is 6.21 Å². The maximum atomic E-state index is 12.4. The Labute approximate surface area is 170 Å². The Hall–Kier alpha value is -3.48. The van der Waals surface area contributed by atoms with Gasteiger partial charge >= 0.3 is 0 Å². The van der Waals surface area contributed by atoms with Crippen molar-refractivity contribution in [3.63, 3.8) is 0 Å². The van der Waals surface area contributed by atoms with Gasteiger partial charge in [-0.05, 0) is 55.8 Å². The van der Waals surface area contributed by atoms with E-state index >= 15 is 0 Å². The minimum Gasteiger partial charge on any atom is -0.493 e. The molecule has 0 unspecified atom stereocenters. The number of hydrazone groups is 1. The number of nitrogens with zero attached hydrogens (tertiary/aromatic N) is 1. The quantitative estimate of drug-likeness (QED) is 0.354. The largest absolute Gasteiger partial charge is 0.493 e. The van der Waals surface area contributed by atoms with Crippen LogP contribution >= 0.6 is 0 Å². The lowest BCUT2D eigenvalue weighted by Gasteiger charge is -2.12. The monoisotopic (exact) mass is 398 g/mol. The van der Waals surface area contributed by atoms with Crippen molar-refractivity contribution >= 4 is 12.1 Å². The van der Waals surface area contributed by atoms with E-state index in [1.54, 1.807) is 43.5 Å². The van der Waals surface area contributed by atoms with E-state index in [1.807, 2.05) is 19.9 Å². The second-order valence-corrected chi connectivity index (χ2v) is 5.74. The molecule has 0 radical (unpaired) electrons. The third kappa shape index (κ3) is 6.27. The van der Waals surface area contributed by atoms with Crippen molar-refractivity contribution in [1.82, 2.24) is 5.43 Å².